The molecule has 0 unspecified atom stereocenters. The Hall–Kier alpha value is -2.14. The van der Waals surface area contributed by atoms with E-state index in [-0.39, 0.29) is 0 Å². The van der Waals surface area contributed by atoms with Crippen LogP contribution in [0.5, 0.6) is 0 Å². The number of aromatic nitrogens is 1. The predicted octanol–water partition coefficient (Wildman–Crippen LogP) is 2.76. The molecule has 1 aromatic heterocycles. The number of rotatable bonds is 4. The van der Waals surface area contributed by atoms with Gasteiger partial charge in [0.25, 0.3) is 0 Å². The highest BCUT2D eigenvalue weighted by Crippen LogP contribution is 2.28. The number of nitrogens with zero attached hydrogens (tertiary/aromatic N) is 4. The minimum atomic E-state index is 0.299. The summed E-state index contributed by atoms with van der Waals surface area (Å²) in [5, 5.41) is 1.19. The van der Waals surface area contributed by atoms with Gasteiger partial charge in [0.2, 0.25) is 5.91 Å². The lowest BCUT2D eigenvalue weighted by atomic mass is 10.1. The highest BCUT2D eigenvalue weighted by atomic mass is 16.2. The number of anilines is 1. The SMILES string of the molecule is C[C@@H]1CCCN1C(=O)CN1CC[C@H](N(C)c2cccc3ncccc23)C1. The molecule has 0 spiro atoms. The lowest BCUT2D eigenvalue weighted by molar-refractivity contribution is -0.132. The Morgan fingerprint density at radius 2 is 2.12 bits per heavy atom. The van der Waals surface area contributed by atoms with Crippen molar-refractivity contribution in [3.63, 3.8) is 0 Å². The van der Waals surface area contributed by atoms with Gasteiger partial charge in [0, 0.05) is 56.0 Å². The summed E-state index contributed by atoms with van der Waals surface area (Å²) in [6.07, 6.45) is 5.23. The fourth-order valence-corrected chi connectivity index (χ4v) is 4.45. The fraction of sp³-hybridized carbons (Fsp3) is 0.524. The van der Waals surface area contributed by atoms with Crippen molar-refractivity contribution >= 4 is 22.5 Å². The van der Waals surface area contributed by atoms with E-state index in [9.17, 15) is 4.79 Å². The van der Waals surface area contributed by atoms with E-state index in [2.05, 4.69) is 57.9 Å². The zero-order valence-electron chi connectivity index (χ0n) is 15.8. The first-order valence-electron chi connectivity index (χ1n) is 9.72. The molecular formula is C21H28N4O. The number of pyridine rings is 1. The van der Waals surface area contributed by atoms with Crippen molar-refractivity contribution in [1.82, 2.24) is 14.8 Å². The maximum Gasteiger partial charge on any atom is 0.236 e. The Labute approximate surface area is 155 Å². The van der Waals surface area contributed by atoms with Gasteiger partial charge in [-0.25, -0.2) is 0 Å². The van der Waals surface area contributed by atoms with Crippen LogP contribution in [0.1, 0.15) is 26.2 Å². The molecule has 2 fully saturated rings. The van der Waals surface area contributed by atoms with E-state index in [0.29, 0.717) is 24.5 Å². The zero-order chi connectivity index (χ0) is 18.1. The average Bonchev–Trinajstić information content (AvgIpc) is 3.29. The highest BCUT2D eigenvalue weighted by molar-refractivity contribution is 5.91. The monoisotopic (exact) mass is 352 g/mol. The first kappa shape index (κ1) is 17.3. The number of carbonyl (C=O) groups is 1. The number of hydrogen-bond acceptors (Lipinski definition) is 4. The fourth-order valence-electron chi connectivity index (χ4n) is 4.45. The van der Waals surface area contributed by atoms with Gasteiger partial charge in [0.05, 0.1) is 12.1 Å². The highest BCUT2D eigenvalue weighted by Gasteiger charge is 2.31. The van der Waals surface area contributed by atoms with Crippen molar-refractivity contribution in [2.75, 3.05) is 38.1 Å². The first-order valence-corrected chi connectivity index (χ1v) is 9.72. The molecule has 0 aliphatic carbocycles. The average molecular weight is 352 g/mol. The van der Waals surface area contributed by atoms with Crippen LogP contribution in [0.25, 0.3) is 10.9 Å². The Bertz CT molecular complexity index is 787. The van der Waals surface area contributed by atoms with Gasteiger partial charge in [0.15, 0.2) is 0 Å². The third-order valence-electron chi connectivity index (χ3n) is 6.03. The van der Waals surface area contributed by atoms with E-state index in [4.69, 9.17) is 0 Å². The second-order valence-electron chi connectivity index (χ2n) is 7.71. The maximum absolute atomic E-state index is 12.6. The summed E-state index contributed by atoms with van der Waals surface area (Å²) in [7, 11) is 2.17. The van der Waals surface area contributed by atoms with Crippen molar-refractivity contribution < 1.29 is 4.79 Å². The van der Waals surface area contributed by atoms with Crippen LogP contribution in [-0.4, -0.2) is 66.0 Å². The maximum atomic E-state index is 12.6. The molecule has 2 aromatic rings. The second-order valence-corrected chi connectivity index (χ2v) is 7.71. The molecule has 0 N–H and O–H groups in total. The Kier molecular flexibility index (Phi) is 4.81. The van der Waals surface area contributed by atoms with Crippen molar-refractivity contribution in [2.24, 2.45) is 0 Å². The molecule has 3 heterocycles. The molecule has 0 bridgehead atoms. The molecule has 2 saturated heterocycles. The summed E-state index contributed by atoms with van der Waals surface area (Å²) in [5.74, 6) is 0.299. The van der Waals surface area contributed by atoms with Crippen molar-refractivity contribution in [1.29, 1.82) is 0 Å². The molecule has 2 aliphatic heterocycles. The van der Waals surface area contributed by atoms with Crippen molar-refractivity contribution in [3.8, 4) is 0 Å². The molecular weight excluding hydrogens is 324 g/mol. The molecule has 1 amide bonds. The molecule has 0 saturated carbocycles. The molecule has 26 heavy (non-hydrogen) atoms. The number of fused-ring (bicyclic) bond motifs is 1. The topological polar surface area (TPSA) is 39.7 Å². The number of likely N-dealkylation sites (N-methyl/N-ethyl adjacent to an activating group) is 1. The van der Waals surface area contributed by atoms with Crippen molar-refractivity contribution in [3.05, 3.63) is 36.5 Å². The van der Waals surface area contributed by atoms with Crippen molar-refractivity contribution in [2.45, 2.75) is 38.3 Å². The summed E-state index contributed by atoms with van der Waals surface area (Å²) >= 11 is 0. The van der Waals surface area contributed by atoms with Crippen LogP contribution in [0.2, 0.25) is 0 Å². The molecule has 2 atom stereocenters. The minimum Gasteiger partial charge on any atom is -0.370 e. The van der Waals surface area contributed by atoms with E-state index >= 15 is 0 Å². The molecule has 0 radical (unpaired) electrons. The number of benzene rings is 1. The van der Waals surface area contributed by atoms with Crippen LogP contribution in [-0.2, 0) is 4.79 Å². The van der Waals surface area contributed by atoms with Crippen LogP contribution in [0.15, 0.2) is 36.5 Å². The number of amides is 1. The van der Waals surface area contributed by atoms with Gasteiger partial charge in [-0.1, -0.05) is 6.07 Å². The predicted molar refractivity (Wildman–Crippen MR) is 105 cm³/mol. The molecule has 1 aromatic carbocycles. The van der Waals surface area contributed by atoms with Crippen LogP contribution in [0.3, 0.4) is 0 Å². The molecule has 2 aliphatic rings. The van der Waals surface area contributed by atoms with E-state index < -0.39 is 0 Å². The Balaban J connectivity index is 1.42. The summed E-state index contributed by atoms with van der Waals surface area (Å²) in [6, 6.07) is 11.3. The summed E-state index contributed by atoms with van der Waals surface area (Å²) in [6.45, 7) is 5.60. The summed E-state index contributed by atoms with van der Waals surface area (Å²) in [5.41, 5.74) is 2.26. The molecule has 5 nitrogen and oxygen atoms in total. The number of carbonyl (C=O) groups excluding carboxylic acids is 1. The second kappa shape index (κ2) is 7.23. The van der Waals surface area contributed by atoms with Crippen LogP contribution >= 0.6 is 0 Å². The molecule has 138 valence electrons. The van der Waals surface area contributed by atoms with Gasteiger partial charge in [-0.2, -0.15) is 0 Å². The van der Waals surface area contributed by atoms with Gasteiger partial charge in [-0.15, -0.1) is 0 Å². The van der Waals surface area contributed by atoms with E-state index in [1.165, 1.54) is 11.1 Å². The minimum absolute atomic E-state index is 0.299. The van der Waals surface area contributed by atoms with Gasteiger partial charge >= 0.3 is 0 Å². The van der Waals surface area contributed by atoms with E-state index in [0.717, 1.165) is 44.4 Å². The lowest BCUT2D eigenvalue weighted by Gasteiger charge is -2.29. The Morgan fingerprint density at radius 1 is 1.23 bits per heavy atom. The third-order valence-corrected chi connectivity index (χ3v) is 6.03. The van der Waals surface area contributed by atoms with Gasteiger partial charge in [0.1, 0.15) is 0 Å². The molecule has 4 rings (SSSR count). The zero-order valence-corrected chi connectivity index (χ0v) is 15.8. The molecule has 5 heteroatoms. The van der Waals surface area contributed by atoms with Gasteiger partial charge in [-0.3, -0.25) is 14.7 Å². The number of likely N-dealkylation sites (tertiary alicyclic amines) is 2. The van der Waals surface area contributed by atoms with Gasteiger partial charge < -0.3 is 9.80 Å². The quantitative estimate of drug-likeness (QED) is 0.848. The van der Waals surface area contributed by atoms with Crippen LogP contribution in [0, 0.1) is 0 Å². The van der Waals surface area contributed by atoms with Crippen LogP contribution < -0.4 is 4.90 Å². The largest absolute Gasteiger partial charge is 0.370 e. The summed E-state index contributed by atoms with van der Waals surface area (Å²) < 4.78 is 0. The standard InChI is InChI=1S/C21H28N4O/c1-16-6-5-12-25(16)21(26)15-24-13-10-17(14-24)23(2)20-9-3-8-19-18(20)7-4-11-22-19/h3-4,7-9,11,16-17H,5-6,10,12-15H2,1-2H3/t16-,17+/m1/s1. The normalized spacial score (nSPS) is 23.7. The van der Waals surface area contributed by atoms with Crippen LogP contribution in [0.4, 0.5) is 5.69 Å². The Morgan fingerprint density at radius 3 is 2.92 bits per heavy atom. The smallest absolute Gasteiger partial charge is 0.236 e. The third kappa shape index (κ3) is 3.28. The first-order chi connectivity index (χ1) is 12.6. The summed E-state index contributed by atoms with van der Waals surface area (Å²) in [4.78, 5) is 23.8. The van der Waals surface area contributed by atoms with E-state index in [1.807, 2.05) is 12.3 Å². The number of hydrogen-bond donors (Lipinski definition) is 0. The lowest BCUT2D eigenvalue weighted by Crippen LogP contribution is -2.42. The van der Waals surface area contributed by atoms with E-state index in [1.54, 1.807) is 0 Å². The van der Waals surface area contributed by atoms with Gasteiger partial charge in [-0.05, 0) is 50.5 Å².